The second kappa shape index (κ2) is 6.12. The number of likely N-dealkylation sites (tertiary alicyclic amines) is 1. The number of rotatable bonds is 3. The molecule has 0 radical (unpaired) electrons. The Balaban J connectivity index is 1.47. The predicted octanol–water partition coefficient (Wildman–Crippen LogP) is 2.26. The quantitative estimate of drug-likeness (QED) is 0.926. The lowest BCUT2D eigenvalue weighted by molar-refractivity contribution is -0.133. The molecule has 0 bridgehead atoms. The van der Waals surface area contributed by atoms with Gasteiger partial charge in [-0.05, 0) is 25.2 Å². The minimum absolute atomic E-state index is 0.143. The lowest BCUT2D eigenvalue weighted by Gasteiger charge is -2.31. The summed E-state index contributed by atoms with van der Waals surface area (Å²) in [7, 11) is 0. The fourth-order valence-electron chi connectivity index (χ4n) is 3.40. The SMILES string of the molecule is C[C@@H]1C[C@@H]1C(=O)N1CCC(c2nc(-c3nccs3)cc(=O)[nH]2)CC1. The summed E-state index contributed by atoms with van der Waals surface area (Å²) in [6.07, 6.45) is 4.43. The van der Waals surface area contributed by atoms with Crippen molar-refractivity contribution in [3.8, 4) is 10.7 Å². The molecule has 7 heteroatoms. The number of hydrogen-bond donors (Lipinski definition) is 1. The Labute approximate surface area is 144 Å². The molecule has 1 aliphatic heterocycles. The van der Waals surface area contributed by atoms with Gasteiger partial charge in [0, 0.05) is 42.6 Å². The van der Waals surface area contributed by atoms with Crippen LogP contribution in [0.2, 0.25) is 0 Å². The zero-order valence-electron chi connectivity index (χ0n) is 13.6. The van der Waals surface area contributed by atoms with Crippen molar-refractivity contribution < 1.29 is 4.79 Å². The van der Waals surface area contributed by atoms with Gasteiger partial charge in [0.15, 0.2) is 0 Å². The first-order chi connectivity index (χ1) is 11.6. The molecule has 2 aromatic heterocycles. The van der Waals surface area contributed by atoms with Crippen molar-refractivity contribution >= 4 is 17.2 Å². The van der Waals surface area contributed by atoms with Crippen LogP contribution in [0.25, 0.3) is 10.7 Å². The number of thiazole rings is 1. The topological polar surface area (TPSA) is 79.0 Å². The Kier molecular flexibility index (Phi) is 3.96. The third-order valence-electron chi connectivity index (χ3n) is 5.03. The van der Waals surface area contributed by atoms with Gasteiger partial charge in [0.25, 0.3) is 5.56 Å². The average Bonchev–Trinajstić information content (AvgIpc) is 3.10. The van der Waals surface area contributed by atoms with Gasteiger partial charge in [-0.15, -0.1) is 11.3 Å². The highest BCUT2D eigenvalue weighted by atomic mass is 32.1. The van der Waals surface area contributed by atoms with Crippen LogP contribution in [0.4, 0.5) is 0 Å². The van der Waals surface area contributed by atoms with Crippen LogP contribution in [0.15, 0.2) is 22.4 Å². The molecule has 1 aliphatic carbocycles. The number of carbonyl (C=O) groups is 1. The molecule has 4 rings (SSSR count). The molecule has 126 valence electrons. The molecule has 2 fully saturated rings. The van der Waals surface area contributed by atoms with Gasteiger partial charge in [-0.3, -0.25) is 9.59 Å². The van der Waals surface area contributed by atoms with E-state index in [0.717, 1.165) is 43.2 Å². The number of H-pyrrole nitrogens is 1. The molecule has 0 unspecified atom stereocenters. The standard InChI is InChI=1S/C17H20N4O2S/c1-10-8-12(10)17(23)21-5-2-11(3-6-21)15-19-13(9-14(22)20-15)16-18-4-7-24-16/h4,7,9-12H,2-3,5-6,8H2,1H3,(H,19,20,22)/t10-,12+/m1/s1. The van der Waals surface area contributed by atoms with E-state index in [9.17, 15) is 9.59 Å². The third-order valence-corrected chi connectivity index (χ3v) is 5.83. The number of aromatic amines is 1. The van der Waals surface area contributed by atoms with Crippen LogP contribution < -0.4 is 5.56 Å². The van der Waals surface area contributed by atoms with Gasteiger partial charge in [-0.1, -0.05) is 6.92 Å². The first-order valence-corrected chi connectivity index (χ1v) is 9.29. The Morgan fingerprint density at radius 1 is 1.38 bits per heavy atom. The number of piperidine rings is 1. The minimum atomic E-state index is -0.143. The first kappa shape index (κ1) is 15.5. The summed E-state index contributed by atoms with van der Waals surface area (Å²) in [5, 5.41) is 2.64. The average molecular weight is 344 g/mol. The van der Waals surface area contributed by atoms with Crippen molar-refractivity contribution in [2.45, 2.75) is 32.1 Å². The van der Waals surface area contributed by atoms with Crippen LogP contribution in [0.3, 0.4) is 0 Å². The fourth-order valence-corrected chi connectivity index (χ4v) is 4.00. The zero-order valence-corrected chi connectivity index (χ0v) is 14.4. The van der Waals surface area contributed by atoms with Crippen LogP contribution in [0.1, 0.15) is 37.9 Å². The molecule has 6 nitrogen and oxygen atoms in total. The van der Waals surface area contributed by atoms with E-state index in [2.05, 4.69) is 21.9 Å². The highest BCUT2D eigenvalue weighted by Gasteiger charge is 2.42. The van der Waals surface area contributed by atoms with Crippen LogP contribution in [0, 0.1) is 11.8 Å². The Bertz CT molecular complexity index is 793. The Morgan fingerprint density at radius 3 is 2.75 bits per heavy atom. The summed E-state index contributed by atoms with van der Waals surface area (Å²) in [4.78, 5) is 38.0. The summed E-state index contributed by atoms with van der Waals surface area (Å²) in [6, 6.07) is 1.50. The van der Waals surface area contributed by atoms with E-state index in [4.69, 9.17) is 0 Å². The van der Waals surface area contributed by atoms with Crippen LogP contribution >= 0.6 is 11.3 Å². The number of aromatic nitrogens is 3. The van der Waals surface area contributed by atoms with Crippen molar-refractivity contribution in [1.82, 2.24) is 19.9 Å². The molecule has 2 aromatic rings. The maximum Gasteiger partial charge on any atom is 0.251 e. The van der Waals surface area contributed by atoms with E-state index in [0.29, 0.717) is 17.5 Å². The predicted molar refractivity (Wildman–Crippen MR) is 91.8 cm³/mol. The molecule has 1 amide bonds. The largest absolute Gasteiger partial charge is 0.342 e. The van der Waals surface area contributed by atoms with Crippen molar-refractivity contribution in [3.05, 3.63) is 33.8 Å². The van der Waals surface area contributed by atoms with E-state index in [1.165, 1.54) is 17.4 Å². The van der Waals surface area contributed by atoms with Crippen LogP contribution in [0.5, 0.6) is 0 Å². The molecular formula is C17H20N4O2S. The number of hydrogen-bond acceptors (Lipinski definition) is 5. The van der Waals surface area contributed by atoms with Crippen molar-refractivity contribution in [2.75, 3.05) is 13.1 Å². The maximum atomic E-state index is 12.3. The van der Waals surface area contributed by atoms with Gasteiger partial charge >= 0.3 is 0 Å². The van der Waals surface area contributed by atoms with Crippen molar-refractivity contribution in [2.24, 2.45) is 11.8 Å². The van der Waals surface area contributed by atoms with E-state index >= 15 is 0 Å². The molecule has 0 aromatic carbocycles. The molecule has 2 aliphatic rings. The van der Waals surface area contributed by atoms with Gasteiger partial charge in [0.05, 0.1) is 0 Å². The lowest BCUT2D eigenvalue weighted by Crippen LogP contribution is -2.39. The van der Waals surface area contributed by atoms with Gasteiger partial charge in [0.2, 0.25) is 5.91 Å². The van der Waals surface area contributed by atoms with Crippen LogP contribution in [-0.2, 0) is 4.79 Å². The first-order valence-electron chi connectivity index (χ1n) is 8.41. The second-order valence-electron chi connectivity index (χ2n) is 6.77. The summed E-state index contributed by atoms with van der Waals surface area (Å²) >= 11 is 1.48. The number of carbonyl (C=O) groups excluding carboxylic acids is 1. The smallest absolute Gasteiger partial charge is 0.251 e. The van der Waals surface area contributed by atoms with Gasteiger partial charge < -0.3 is 9.88 Å². The van der Waals surface area contributed by atoms with E-state index < -0.39 is 0 Å². The monoisotopic (exact) mass is 344 g/mol. The second-order valence-corrected chi connectivity index (χ2v) is 7.67. The fraction of sp³-hybridized carbons (Fsp3) is 0.529. The lowest BCUT2D eigenvalue weighted by atomic mass is 9.95. The Morgan fingerprint density at radius 2 is 2.12 bits per heavy atom. The molecule has 3 heterocycles. The molecule has 24 heavy (non-hydrogen) atoms. The number of amides is 1. The summed E-state index contributed by atoms with van der Waals surface area (Å²) in [5.41, 5.74) is 0.490. The normalized spacial score (nSPS) is 24.1. The molecule has 1 N–H and O–H groups in total. The summed E-state index contributed by atoms with van der Waals surface area (Å²) < 4.78 is 0. The highest BCUT2D eigenvalue weighted by molar-refractivity contribution is 7.13. The summed E-state index contributed by atoms with van der Waals surface area (Å²) in [5.74, 6) is 2.01. The maximum absolute atomic E-state index is 12.3. The zero-order chi connectivity index (χ0) is 16.7. The van der Waals surface area contributed by atoms with E-state index in [1.807, 2.05) is 10.3 Å². The third kappa shape index (κ3) is 3.00. The van der Waals surface area contributed by atoms with E-state index in [-0.39, 0.29) is 17.4 Å². The van der Waals surface area contributed by atoms with E-state index in [1.54, 1.807) is 6.20 Å². The van der Waals surface area contributed by atoms with Gasteiger partial charge in [0.1, 0.15) is 16.5 Å². The number of nitrogens with zero attached hydrogens (tertiary/aromatic N) is 3. The van der Waals surface area contributed by atoms with Crippen molar-refractivity contribution in [3.63, 3.8) is 0 Å². The van der Waals surface area contributed by atoms with Gasteiger partial charge in [-0.2, -0.15) is 0 Å². The molecule has 1 saturated heterocycles. The molecular weight excluding hydrogens is 324 g/mol. The molecule has 1 saturated carbocycles. The minimum Gasteiger partial charge on any atom is -0.342 e. The molecule has 0 spiro atoms. The van der Waals surface area contributed by atoms with Crippen LogP contribution in [-0.4, -0.2) is 38.8 Å². The Hall–Kier alpha value is -2.02. The highest BCUT2D eigenvalue weighted by Crippen LogP contribution is 2.40. The molecule has 2 atom stereocenters. The van der Waals surface area contributed by atoms with Gasteiger partial charge in [-0.25, -0.2) is 9.97 Å². The van der Waals surface area contributed by atoms with Crippen molar-refractivity contribution in [1.29, 1.82) is 0 Å². The number of nitrogens with one attached hydrogen (secondary N) is 1. The summed E-state index contributed by atoms with van der Waals surface area (Å²) in [6.45, 7) is 3.63.